The van der Waals surface area contributed by atoms with Gasteiger partial charge in [-0.3, -0.25) is 0 Å². The lowest BCUT2D eigenvalue weighted by molar-refractivity contribution is 0.404. The third-order valence-electron chi connectivity index (χ3n) is 1.92. The fourth-order valence-corrected chi connectivity index (χ4v) is 1.48. The van der Waals surface area contributed by atoms with Gasteiger partial charge in [-0.1, -0.05) is 47.0 Å². The van der Waals surface area contributed by atoms with Crippen LogP contribution in [0.3, 0.4) is 0 Å². The Morgan fingerprint density at radius 1 is 1.10 bits per heavy atom. The molecule has 1 atom stereocenters. The molecule has 0 aliphatic heterocycles. The van der Waals surface area contributed by atoms with E-state index in [-0.39, 0.29) is 0 Å². The zero-order valence-electron chi connectivity index (χ0n) is 7.98. The molecule has 0 aromatic carbocycles. The van der Waals surface area contributed by atoms with E-state index in [2.05, 4.69) is 27.7 Å². The third kappa shape index (κ3) is 6.12. The van der Waals surface area contributed by atoms with Crippen LogP contribution in [0.4, 0.5) is 0 Å². The zero-order valence-corrected chi connectivity index (χ0v) is 7.98. The van der Waals surface area contributed by atoms with Gasteiger partial charge >= 0.3 is 0 Å². The van der Waals surface area contributed by atoms with Gasteiger partial charge in [0, 0.05) is 0 Å². The van der Waals surface area contributed by atoms with Crippen LogP contribution in [0.2, 0.25) is 0 Å². The average Bonchev–Trinajstić information content (AvgIpc) is 1.82. The van der Waals surface area contributed by atoms with Crippen LogP contribution in [-0.2, 0) is 0 Å². The Labute approximate surface area is 66.0 Å². The highest BCUT2D eigenvalue weighted by Gasteiger charge is 2.03. The van der Waals surface area contributed by atoms with E-state index in [0.29, 0.717) is 0 Å². The molecule has 0 N–H and O–H groups in total. The predicted molar refractivity (Wildman–Crippen MR) is 48.1 cm³/mol. The first-order valence-corrected chi connectivity index (χ1v) is 4.66. The molecule has 1 unspecified atom stereocenters. The molecule has 0 saturated carbocycles. The Morgan fingerprint density at radius 2 is 1.70 bits per heavy atom. The number of hydrogen-bond donors (Lipinski definition) is 0. The average molecular weight is 142 g/mol. The molecule has 0 saturated heterocycles. The fraction of sp³-hybridized carbons (Fsp3) is 1.00. The van der Waals surface area contributed by atoms with Crippen molar-refractivity contribution in [1.82, 2.24) is 0 Å². The van der Waals surface area contributed by atoms with Gasteiger partial charge < -0.3 is 0 Å². The summed E-state index contributed by atoms with van der Waals surface area (Å²) >= 11 is 0. The van der Waals surface area contributed by atoms with Crippen LogP contribution in [0.15, 0.2) is 0 Å². The monoisotopic (exact) mass is 142 g/mol. The Hall–Kier alpha value is 0. The van der Waals surface area contributed by atoms with Gasteiger partial charge in [0.15, 0.2) is 0 Å². The topological polar surface area (TPSA) is 0 Å². The molecule has 0 spiro atoms. The minimum Gasteiger partial charge on any atom is -0.0654 e. The lowest BCUT2D eigenvalue weighted by Crippen LogP contribution is -1.99. The van der Waals surface area contributed by atoms with E-state index in [1.165, 1.54) is 25.7 Å². The molecule has 0 radical (unpaired) electrons. The van der Waals surface area contributed by atoms with Crippen molar-refractivity contribution in [3.63, 3.8) is 0 Å². The number of unbranched alkanes of at least 4 members (excludes halogenated alkanes) is 1. The summed E-state index contributed by atoms with van der Waals surface area (Å²) in [4.78, 5) is 0. The van der Waals surface area contributed by atoms with Crippen LogP contribution >= 0.6 is 0 Å². The maximum absolute atomic E-state index is 2.37. The second-order valence-electron chi connectivity index (χ2n) is 3.88. The molecule has 0 fully saturated rings. The standard InChI is InChI=1S/C10H22/c1-5-6-7-10(4)8-9(2)3/h9-10H,5-8H2,1-4H3. The van der Waals surface area contributed by atoms with E-state index in [1.54, 1.807) is 0 Å². The summed E-state index contributed by atoms with van der Waals surface area (Å²) in [6.07, 6.45) is 5.59. The van der Waals surface area contributed by atoms with Gasteiger partial charge in [0.05, 0.1) is 0 Å². The van der Waals surface area contributed by atoms with Crippen LogP contribution in [0.5, 0.6) is 0 Å². The molecule has 62 valence electrons. The minimum atomic E-state index is 0.881. The highest BCUT2D eigenvalue weighted by molar-refractivity contribution is 4.55. The molecule has 0 aromatic rings. The Balaban J connectivity index is 3.16. The number of hydrogen-bond acceptors (Lipinski definition) is 0. The lowest BCUT2D eigenvalue weighted by Gasteiger charge is -2.12. The van der Waals surface area contributed by atoms with Gasteiger partial charge in [0.1, 0.15) is 0 Å². The Bertz CT molecular complexity index is 64.4. The molecule has 0 aromatic heterocycles. The normalized spacial score (nSPS) is 14.1. The molecule has 0 amide bonds. The van der Waals surface area contributed by atoms with E-state index in [1.807, 2.05) is 0 Å². The van der Waals surface area contributed by atoms with Gasteiger partial charge in [0.2, 0.25) is 0 Å². The molecule has 0 rings (SSSR count). The summed E-state index contributed by atoms with van der Waals surface area (Å²) in [7, 11) is 0. The van der Waals surface area contributed by atoms with E-state index in [4.69, 9.17) is 0 Å². The first-order chi connectivity index (χ1) is 4.66. The third-order valence-corrected chi connectivity index (χ3v) is 1.92. The number of rotatable bonds is 5. The fourth-order valence-electron chi connectivity index (χ4n) is 1.48. The largest absolute Gasteiger partial charge is 0.0654 e. The van der Waals surface area contributed by atoms with Crippen LogP contribution in [0, 0.1) is 11.8 Å². The molecule has 0 bridgehead atoms. The summed E-state index contributed by atoms with van der Waals surface area (Å²) < 4.78 is 0. The van der Waals surface area contributed by atoms with E-state index in [9.17, 15) is 0 Å². The van der Waals surface area contributed by atoms with Gasteiger partial charge in [-0.25, -0.2) is 0 Å². The van der Waals surface area contributed by atoms with Crippen molar-refractivity contribution in [1.29, 1.82) is 0 Å². The van der Waals surface area contributed by atoms with Crippen molar-refractivity contribution in [2.45, 2.75) is 53.4 Å². The smallest absolute Gasteiger partial charge is 0.0440 e. The maximum Gasteiger partial charge on any atom is -0.0440 e. The predicted octanol–water partition coefficient (Wildman–Crippen LogP) is 3.86. The van der Waals surface area contributed by atoms with Gasteiger partial charge in [-0.2, -0.15) is 0 Å². The molecule has 0 nitrogen and oxygen atoms in total. The lowest BCUT2D eigenvalue weighted by atomic mass is 9.94. The molecular formula is C10H22. The van der Waals surface area contributed by atoms with E-state index < -0.39 is 0 Å². The Morgan fingerprint density at radius 3 is 2.10 bits per heavy atom. The van der Waals surface area contributed by atoms with Gasteiger partial charge in [0.25, 0.3) is 0 Å². The van der Waals surface area contributed by atoms with Gasteiger partial charge in [-0.05, 0) is 18.3 Å². The Kier molecular flexibility index (Phi) is 5.76. The molecular weight excluding hydrogens is 120 g/mol. The van der Waals surface area contributed by atoms with E-state index >= 15 is 0 Å². The zero-order chi connectivity index (χ0) is 7.98. The van der Waals surface area contributed by atoms with Crippen molar-refractivity contribution in [3.05, 3.63) is 0 Å². The second kappa shape index (κ2) is 5.76. The summed E-state index contributed by atoms with van der Waals surface area (Å²) in [5.41, 5.74) is 0. The molecule has 0 aliphatic carbocycles. The van der Waals surface area contributed by atoms with Crippen molar-refractivity contribution in [2.24, 2.45) is 11.8 Å². The molecule has 10 heavy (non-hydrogen) atoms. The minimum absolute atomic E-state index is 0.881. The van der Waals surface area contributed by atoms with Crippen LogP contribution in [0.1, 0.15) is 53.4 Å². The summed E-state index contributed by atoms with van der Waals surface area (Å²) in [5, 5.41) is 0. The highest BCUT2D eigenvalue weighted by Crippen LogP contribution is 2.16. The summed E-state index contributed by atoms with van der Waals surface area (Å²) in [6.45, 7) is 9.25. The van der Waals surface area contributed by atoms with Crippen molar-refractivity contribution < 1.29 is 0 Å². The first kappa shape index (κ1) is 10.0. The van der Waals surface area contributed by atoms with Crippen molar-refractivity contribution >= 4 is 0 Å². The van der Waals surface area contributed by atoms with Crippen LogP contribution < -0.4 is 0 Å². The first-order valence-electron chi connectivity index (χ1n) is 4.66. The van der Waals surface area contributed by atoms with E-state index in [0.717, 1.165) is 11.8 Å². The highest BCUT2D eigenvalue weighted by atomic mass is 14.1. The van der Waals surface area contributed by atoms with Crippen molar-refractivity contribution in [3.8, 4) is 0 Å². The molecule has 0 aliphatic rings. The van der Waals surface area contributed by atoms with Crippen LogP contribution in [0.25, 0.3) is 0 Å². The van der Waals surface area contributed by atoms with Crippen molar-refractivity contribution in [2.75, 3.05) is 0 Å². The summed E-state index contributed by atoms with van der Waals surface area (Å²) in [5.74, 6) is 1.83. The SMILES string of the molecule is CCCCC(C)CC(C)C. The molecule has 0 heteroatoms. The molecule has 0 heterocycles. The summed E-state index contributed by atoms with van der Waals surface area (Å²) in [6, 6.07) is 0. The second-order valence-corrected chi connectivity index (χ2v) is 3.88. The van der Waals surface area contributed by atoms with Gasteiger partial charge in [-0.15, -0.1) is 0 Å². The quantitative estimate of drug-likeness (QED) is 0.547. The van der Waals surface area contributed by atoms with Crippen LogP contribution in [-0.4, -0.2) is 0 Å². The maximum atomic E-state index is 2.37.